The molecule has 0 spiro atoms. The van der Waals surface area contributed by atoms with Crippen LogP contribution >= 0.6 is 12.4 Å². The first-order chi connectivity index (χ1) is 40.8. The Balaban J connectivity index is 0.000000369. The molecule has 20 nitrogen and oxygen atoms in total. The van der Waals surface area contributed by atoms with Gasteiger partial charge in [0.05, 0.1) is 33.5 Å². The zero-order valence-corrected chi connectivity index (χ0v) is 55.1. The summed E-state index contributed by atoms with van der Waals surface area (Å²) in [7, 11) is 9.81. The fourth-order valence-corrected chi connectivity index (χ4v) is 11.4. The molecule has 1 N–H and O–H groups in total. The Morgan fingerprint density at radius 3 is 1.38 bits per heavy atom. The van der Waals surface area contributed by atoms with Gasteiger partial charge in [0, 0.05) is 160 Å². The van der Waals surface area contributed by atoms with Gasteiger partial charge in [-0.25, -0.2) is 4.79 Å². The van der Waals surface area contributed by atoms with Crippen LogP contribution in [0.15, 0.2) is 36.4 Å². The van der Waals surface area contributed by atoms with E-state index in [4.69, 9.17) is 42.6 Å². The van der Waals surface area contributed by atoms with Gasteiger partial charge in [0.1, 0.15) is 5.60 Å². The van der Waals surface area contributed by atoms with E-state index in [1.807, 2.05) is 55.4 Å². The second-order valence-electron chi connectivity index (χ2n) is 24.5. The van der Waals surface area contributed by atoms with E-state index in [0.29, 0.717) is 137 Å². The Morgan fingerprint density at radius 2 is 0.977 bits per heavy atom. The number of carbonyl (C=O) groups is 5. The van der Waals surface area contributed by atoms with Gasteiger partial charge in [0.15, 0.2) is 23.0 Å². The van der Waals surface area contributed by atoms with Crippen LogP contribution < -0.4 is 24.3 Å². The lowest BCUT2D eigenvalue weighted by molar-refractivity contribution is -0.133. The van der Waals surface area contributed by atoms with E-state index in [2.05, 4.69) is 24.1 Å². The summed E-state index contributed by atoms with van der Waals surface area (Å²) >= 11 is 0. The summed E-state index contributed by atoms with van der Waals surface area (Å²) in [6, 6.07) is 11.5. The molecule has 2 aliphatic heterocycles. The van der Waals surface area contributed by atoms with Crippen molar-refractivity contribution in [3.8, 4) is 23.0 Å². The zero-order chi connectivity index (χ0) is 62.1. The maximum Gasteiger partial charge on any atom is 0.410 e. The highest BCUT2D eigenvalue weighted by molar-refractivity contribution is 5.96. The summed E-state index contributed by atoms with van der Waals surface area (Å²) in [4.78, 5) is 77.0. The van der Waals surface area contributed by atoms with Gasteiger partial charge < -0.3 is 72.4 Å². The molecule has 2 saturated carbocycles. The zero-order valence-electron chi connectivity index (χ0n) is 54.3. The predicted octanol–water partition coefficient (Wildman–Crippen LogP) is 9.85. The molecule has 0 aromatic heterocycles. The average Bonchev–Trinajstić information content (AvgIpc) is 4.40. The van der Waals surface area contributed by atoms with E-state index < -0.39 is 5.60 Å². The summed E-state index contributed by atoms with van der Waals surface area (Å²) in [6.07, 6.45) is 12.8. The molecule has 488 valence electrons. The number of halogens is 1. The molecule has 2 saturated heterocycles. The first-order valence-electron chi connectivity index (χ1n) is 31.3. The van der Waals surface area contributed by atoms with Crippen molar-refractivity contribution in [2.45, 2.75) is 205 Å². The smallest absolute Gasteiger partial charge is 0.410 e. The SMILES string of the molecule is COCCCOc1cc(C(=O)N(C(C)C)[C@@H]2CC[C@H](CCN(C(=O)CCCOC)C3CC3)N(C(=O)OC(C)(C)C)C2)ccc1OC.COCCCOc1cc(C(=O)N(C(C)C)[C@@H]2CC[C@H](CCN(C(=O)CCCOC)C3CC3)NC2)ccc1OC.Cl. The van der Waals surface area contributed by atoms with Crippen LogP contribution in [0.2, 0.25) is 0 Å². The summed E-state index contributed by atoms with van der Waals surface area (Å²) in [6.45, 7) is 19.5. The second kappa shape index (κ2) is 37.7. The van der Waals surface area contributed by atoms with Crippen molar-refractivity contribution in [3.63, 3.8) is 0 Å². The van der Waals surface area contributed by atoms with E-state index in [1.165, 1.54) is 0 Å². The van der Waals surface area contributed by atoms with Crippen LogP contribution in [0.5, 0.6) is 23.0 Å². The predicted molar refractivity (Wildman–Crippen MR) is 335 cm³/mol. The van der Waals surface area contributed by atoms with Crippen LogP contribution in [0, 0.1) is 0 Å². The lowest BCUT2D eigenvalue weighted by Gasteiger charge is -2.45. The van der Waals surface area contributed by atoms with Gasteiger partial charge in [-0.1, -0.05) is 0 Å². The van der Waals surface area contributed by atoms with Crippen LogP contribution in [-0.2, 0) is 33.3 Å². The Labute approximate surface area is 520 Å². The number of rotatable bonds is 34. The van der Waals surface area contributed by atoms with Crippen LogP contribution in [0.4, 0.5) is 4.79 Å². The van der Waals surface area contributed by atoms with E-state index >= 15 is 0 Å². The highest BCUT2D eigenvalue weighted by Crippen LogP contribution is 2.35. The van der Waals surface area contributed by atoms with Crippen molar-refractivity contribution in [2.24, 2.45) is 0 Å². The fourth-order valence-electron chi connectivity index (χ4n) is 11.4. The van der Waals surface area contributed by atoms with Crippen molar-refractivity contribution < 1.29 is 66.6 Å². The first-order valence-corrected chi connectivity index (χ1v) is 31.3. The minimum absolute atomic E-state index is 0. The molecular weight excluding hydrogens is 1120 g/mol. The van der Waals surface area contributed by atoms with Gasteiger partial charge in [0.2, 0.25) is 11.8 Å². The number of piperidine rings is 2. The summed E-state index contributed by atoms with van der Waals surface area (Å²) in [5.74, 6) is 2.51. The molecule has 0 bridgehead atoms. The van der Waals surface area contributed by atoms with Gasteiger partial charge in [-0.05, 0) is 162 Å². The largest absolute Gasteiger partial charge is 0.493 e. The summed E-state index contributed by atoms with van der Waals surface area (Å²) in [5, 5.41) is 3.68. The summed E-state index contributed by atoms with van der Waals surface area (Å²) in [5.41, 5.74) is 0.428. The molecule has 4 aliphatic rings. The first kappa shape index (κ1) is 73.4. The third-order valence-electron chi connectivity index (χ3n) is 16.0. The molecule has 2 heterocycles. The minimum atomic E-state index is -0.664. The van der Waals surface area contributed by atoms with Gasteiger partial charge in [-0.15, -0.1) is 12.4 Å². The minimum Gasteiger partial charge on any atom is -0.493 e. The van der Waals surface area contributed by atoms with Gasteiger partial charge >= 0.3 is 6.09 Å². The Kier molecular flexibility index (Phi) is 32.1. The molecule has 4 atom stereocenters. The molecular formula is C65H107ClN6O14. The standard InChI is InChI=1S/C35H57N3O8.C30H49N3O6.ClH/c1-25(2)38(33(40)26-12-17-30(44-8)31(23-26)45-22-10-21-43-7)29-16-15-28(37(24-29)34(41)46-35(3,4)5)18-19-36(27-13-14-27)32(39)11-9-20-42-6;1-22(2)33(30(35)23-9-14-27(38-5)28(20-23)39-19-7-18-37-4)26-11-10-24(31-21-26)15-16-32(25-12-13-25)29(34)8-6-17-36-3;/h12,17,23,25,27-29H,9-11,13-16,18-22,24H2,1-8H3;9,14,20,22,24-26,31H,6-8,10-13,15-19,21H2,1-5H3;1H/t28-,29-;24-,26-;/m11./s1. The number of ether oxygens (including phenoxy) is 9. The second-order valence-corrected chi connectivity index (χ2v) is 24.5. The molecule has 21 heteroatoms. The van der Waals surface area contributed by atoms with E-state index in [0.717, 1.165) is 77.3 Å². The van der Waals surface area contributed by atoms with Crippen molar-refractivity contribution in [1.82, 2.24) is 29.8 Å². The van der Waals surface area contributed by atoms with Crippen LogP contribution in [0.25, 0.3) is 0 Å². The van der Waals surface area contributed by atoms with Gasteiger partial charge in [-0.3, -0.25) is 19.2 Å². The number of nitrogens with zero attached hydrogens (tertiary/aromatic N) is 5. The van der Waals surface area contributed by atoms with Crippen molar-refractivity contribution in [2.75, 3.05) is 108 Å². The molecule has 2 aliphatic carbocycles. The van der Waals surface area contributed by atoms with Crippen LogP contribution in [0.3, 0.4) is 0 Å². The van der Waals surface area contributed by atoms with Crippen molar-refractivity contribution >= 4 is 42.1 Å². The summed E-state index contributed by atoms with van der Waals surface area (Å²) < 4.78 is 49.1. The van der Waals surface area contributed by atoms with E-state index in [9.17, 15) is 24.0 Å². The van der Waals surface area contributed by atoms with Crippen molar-refractivity contribution in [1.29, 1.82) is 0 Å². The lowest BCUT2D eigenvalue weighted by atomic mass is 9.93. The number of likely N-dealkylation sites (tertiary alicyclic amines) is 1. The van der Waals surface area contributed by atoms with Gasteiger partial charge in [0.25, 0.3) is 11.8 Å². The van der Waals surface area contributed by atoms with Crippen molar-refractivity contribution in [3.05, 3.63) is 47.5 Å². The number of carbonyl (C=O) groups excluding carboxylic acids is 5. The molecule has 6 rings (SSSR count). The maximum absolute atomic E-state index is 14.1. The topological polar surface area (TPSA) is 197 Å². The number of hydrogen-bond donors (Lipinski definition) is 1. The number of methoxy groups -OCH3 is 6. The number of nitrogens with one attached hydrogen (secondary N) is 1. The molecule has 2 aromatic rings. The maximum atomic E-state index is 14.1. The van der Waals surface area contributed by atoms with E-state index in [1.54, 1.807) is 77.9 Å². The van der Waals surface area contributed by atoms with Crippen LogP contribution in [0.1, 0.15) is 172 Å². The number of amides is 5. The quantitative estimate of drug-likeness (QED) is 0.0650. The lowest BCUT2D eigenvalue weighted by Crippen LogP contribution is -2.58. The molecule has 0 unspecified atom stereocenters. The Bertz CT molecular complexity index is 2360. The van der Waals surface area contributed by atoms with E-state index in [-0.39, 0.29) is 78.4 Å². The molecule has 4 fully saturated rings. The normalized spacial score (nSPS) is 18.5. The highest BCUT2D eigenvalue weighted by Gasteiger charge is 2.41. The molecule has 5 amide bonds. The third kappa shape index (κ3) is 23.4. The number of benzene rings is 2. The van der Waals surface area contributed by atoms with Crippen LogP contribution in [-0.4, -0.2) is 217 Å². The average molecular weight is 1230 g/mol. The Hall–Kier alpha value is -5.12. The van der Waals surface area contributed by atoms with Gasteiger partial charge in [-0.2, -0.15) is 0 Å². The monoisotopic (exact) mass is 1230 g/mol. The third-order valence-corrected chi connectivity index (χ3v) is 16.0. The molecule has 0 radical (unpaired) electrons. The molecule has 86 heavy (non-hydrogen) atoms. The Morgan fingerprint density at radius 1 is 0.547 bits per heavy atom. The molecule has 2 aromatic carbocycles. The fraction of sp³-hybridized carbons (Fsp3) is 0.738. The highest BCUT2D eigenvalue weighted by atomic mass is 35.5. The number of hydrogen-bond acceptors (Lipinski definition) is 15.